The second kappa shape index (κ2) is 9.10. The van der Waals surface area contributed by atoms with Crippen molar-refractivity contribution in [3.8, 4) is 0 Å². The molecule has 2 saturated heterocycles. The maximum atomic E-state index is 6.51. The van der Waals surface area contributed by atoms with E-state index in [0.29, 0.717) is 23.6 Å². The van der Waals surface area contributed by atoms with Gasteiger partial charge in [0.1, 0.15) is 30.2 Å². The van der Waals surface area contributed by atoms with Crippen molar-refractivity contribution in [3.63, 3.8) is 0 Å². The molecule has 0 bridgehead atoms. The molecule has 0 saturated carbocycles. The molecule has 0 radical (unpaired) electrons. The molecule has 5 atom stereocenters. The number of imidazole rings is 1. The average Bonchev–Trinajstić information content (AvgIpc) is 3.50. The van der Waals surface area contributed by atoms with Crippen LogP contribution in [0.2, 0.25) is 18.1 Å². The van der Waals surface area contributed by atoms with Crippen molar-refractivity contribution in [1.29, 1.82) is 0 Å². The first-order chi connectivity index (χ1) is 16.6. The van der Waals surface area contributed by atoms with Crippen LogP contribution in [0.15, 0.2) is 49.1 Å². The van der Waals surface area contributed by atoms with Gasteiger partial charge in [-0.15, -0.1) is 0 Å². The Morgan fingerprint density at radius 3 is 2.54 bits per heavy atom. The van der Waals surface area contributed by atoms with Crippen LogP contribution in [0.1, 0.15) is 32.6 Å². The number of benzene rings is 1. The summed E-state index contributed by atoms with van der Waals surface area (Å²) < 4.78 is 27.5. The van der Waals surface area contributed by atoms with Crippen molar-refractivity contribution < 1.29 is 18.6 Å². The van der Waals surface area contributed by atoms with Gasteiger partial charge < -0.3 is 24.4 Å². The van der Waals surface area contributed by atoms with E-state index < -0.39 is 20.8 Å². The molecule has 2 aromatic heterocycles. The lowest BCUT2D eigenvalue weighted by Crippen LogP contribution is -2.44. The predicted molar refractivity (Wildman–Crippen MR) is 136 cm³/mol. The standard InChI is InChI=1S/C25H33N5O4Si/c1-25(2,3)35(4,5)31-13-17-20-21(34-18(33-20)12-11-16-9-7-6-8-10-16)24(32-17)30-15-29-19-22(26)27-14-28-23(19)30/h6-12,14-15,17-18,20-21,24H,13H2,1-5H3,(H2,26,27,28)/b12-11+/t17-,18+,20+,21?,24-/m1/s1. The van der Waals surface area contributed by atoms with Crippen LogP contribution in [0.5, 0.6) is 0 Å². The lowest BCUT2D eigenvalue weighted by atomic mass is 10.1. The number of nitrogens with zero attached hydrogens (tertiary/aromatic N) is 4. The van der Waals surface area contributed by atoms with Crippen molar-refractivity contribution in [2.24, 2.45) is 0 Å². The highest BCUT2D eigenvalue weighted by molar-refractivity contribution is 6.74. The average molecular weight is 496 g/mol. The molecule has 186 valence electrons. The minimum absolute atomic E-state index is 0.0907. The van der Waals surface area contributed by atoms with Crippen molar-refractivity contribution in [1.82, 2.24) is 19.5 Å². The molecule has 4 heterocycles. The molecule has 1 unspecified atom stereocenters. The molecule has 2 fully saturated rings. The number of ether oxygens (including phenoxy) is 3. The first-order valence-corrected chi connectivity index (χ1v) is 14.8. The minimum atomic E-state index is -1.98. The van der Waals surface area contributed by atoms with Crippen molar-refractivity contribution >= 4 is 31.4 Å². The quantitative estimate of drug-likeness (QED) is 0.508. The van der Waals surface area contributed by atoms with Gasteiger partial charge >= 0.3 is 0 Å². The molecule has 10 heteroatoms. The maximum absolute atomic E-state index is 6.51. The minimum Gasteiger partial charge on any atom is -0.414 e. The van der Waals surface area contributed by atoms with Gasteiger partial charge in [0.05, 0.1) is 12.9 Å². The van der Waals surface area contributed by atoms with Gasteiger partial charge in [0.25, 0.3) is 0 Å². The highest BCUT2D eigenvalue weighted by atomic mass is 28.4. The zero-order chi connectivity index (χ0) is 24.8. The molecule has 0 spiro atoms. The normalized spacial score (nSPS) is 27.2. The summed E-state index contributed by atoms with van der Waals surface area (Å²) in [6.45, 7) is 11.6. The molecule has 1 aromatic carbocycles. The van der Waals surface area contributed by atoms with E-state index >= 15 is 0 Å². The SMILES string of the molecule is CC(C)(C)[Si](C)(C)OC[C@H]1O[C@@H](n2cnc3c(N)ncnc32)C2O[C@@H](/C=C/c3ccccc3)O[C@H]21. The van der Waals surface area contributed by atoms with E-state index in [1.165, 1.54) is 6.33 Å². The van der Waals surface area contributed by atoms with Crippen LogP contribution in [0, 0.1) is 0 Å². The predicted octanol–water partition coefficient (Wildman–Crippen LogP) is 4.15. The van der Waals surface area contributed by atoms with Gasteiger partial charge in [0, 0.05) is 0 Å². The van der Waals surface area contributed by atoms with E-state index in [9.17, 15) is 0 Å². The first kappa shape index (κ1) is 24.1. The fourth-order valence-corrected chi connectivity index (χ4v) is 5.14. The van der Waals surface area contributed by atoms with E-state index in [1.807, 2.05) is 47.1 Å². The number of anilines is 1. The van der Waals surface area contributed by atoms with Gasteiger partial charge in [-0.25, -0.2) is 15.0 Å². The second-order valence-electron chi connectivity index (χ2n) is 10.6. The van der Waals surface area contributed by atoms with Crippen LogP contribution in [-0.2, 0) is 18.6 Å². The second-order valence-corrected chi connectivity index (χ2v) is 15.4. The smallest absolute Gasteiger partial charge is 0.192 e. The Morgan fingerprint density at radius 1 is 1.06 bits per heavy atom. The number of fused-ring (bicyclic) bond motifs is 2. The van der Waals surface area contributed by atoms with Gasteiger partial charge in [0.15, 0.2) is 32.3 Å². The van der Waals surface area contributed by atoms with E-state index in [0.717, 1.165) is 5.56 Å². The van der Waals surface area contributed by atoms with Gasteiger partial charge in [-0.2, -0.15) is 0 Å². The summed E-state index contributed by atoms with van der Waals surface area (Å²) >= 11 is 0. The summed E-state index contributed by atoms with van der Waals surface area (Å²) in [7, 11) is -1.98. The summed E-state index contributed by atoms with van der Waals surface area (Å²) in [5.74, 6) is 0.327. The number of hydrogen-bond donors (Lipinski definition) is 1. The zero-order valence-electron chi connectivity index (χ0n) is 20.8. The Morgan fingerprint density at radius 2 is 1.80 bits per heavy atom. The van der Waals surface area contributed by atoms with Crippen LogP contribution in [0.25, 0.3) is 17.2 Å². The number of nitrogens with two attached hydrogens (primary N) is 1. The van der Waals surface area contributed by atoms with Crippen LogP contribution >= 0.6 is 0 Å². The number of aromatic nitrogens is 4. The summed E-state index contributed by atoms with van der Waals surface area (Å²) in [5.41, 5.74) is 8.22. The summed E-state index contributed by atoms with van der Waals surface area (Å²) in [6.07, 6.45) is 5.10. The summed E-state index contributed by atoms with van der Waals surface area (Å²) in [6, 6.07) is 10.1. The number of hydrogen-bond acceptors (Lipinski definition) is 8. The lowest BCUT2D eigenvalue weighted by Gasteiger charge is -2.37. The molecular formula is C25H33N5O4Si. The molecule has 5 rings (SSSR count). The highest BCUT2D eigenvalue weighted by Gasteiger charge is 2.54. The third kappa shape index (κ3) is 4.64. The van der Waals surface area contributed by atoms with E-state index in [1.54, 1.807) is 6.33 Å². The van der Waals surface area contributed by atoms with E-state index in [4.69, 9.17) is 24.4 Å². The van der Waals surface area contributed by atoms with Crippen LogP contribution in [0.3, 0.4) is 0 Å². The molecule has 0 aliphatic carbocycles. The van der Waals surface area contributed by atoms with E-state index in [2.05, 4.69) is 48.8 Å². The van der Waals surface area contributed by atoms with Gasteiger partial charge in [-0.1, -0.05) is 57.2 Å². The third-order valence-electron chi connectivity index (χ3n) is 7.19. The summed E-state index contributed by atoms with van der Waals surface area (Å²) in [4.78, 5) is 12.8. The van der Waals surface area contributed by atoms with Crippen LogP contribution < -0.4 is 5.73 Å². The lowest BCUT2D eigenvalue weighted by molar-refractivity contribution is -0.132. The van der Waals surface area contributed by atoms with Gasteiger partial charge in [0.2, 0.25) is 0 Å². The topological polar surface area (TPSA) is 107 Å². The van der Waals surface area contributed by atoms with Crippen molar-refractivity contribution in [3.05, 3.63) is 54.6 Å². The Kier molecular flexibility index (Phi) is 6.26. The Balaban J connectivity index is 1.41. The number of nitrogen functional groups attached to an aromatic ring is 1. The molecule has 2 N–H and O–H groups in total. The molecule has 2 aliphatic rings. The molecule has 35 heavy (non-hydrogen) atoms. The summed E-state index contributed by atoms with van der Waals surface area (Å²) in [5, 5.41) is 0.0907. The molecule has 3 aromatic rings. The van der Waals surface area contributed by atoms with Crippen molar-refractivity contribution in [2.45, 2.75) is 69.7 Å². The molecule has 0 amide bonds. The zero-order valence-corrected chi connectivity index (χ0v) is 21.8. The Bertz CT molecular complexity index is 1210. The molecular weight excluding hydrogens is 462 g/mol. The van der Waals surface area contributed by atoms with Crippen LogP contribution in [0.4, 0.5) is 5.82 Å². The largest absolute Gasteiger partial charge is 0.414 e. The monoisotopic (exact) mass is 495 g/mol. The van der Waals surface area contributed by atoms with Crippen molar-refractivity contribution in [2.75, 3.05) is 12.3 Å². The third-order valence-corrected chi connectivity index (χ3v) is 11.7. The van der Waals surface area contributed by atoms with E-state index in [-0.39, 0.29) is 23.4 Å². The number of rotatable bonds is 6. The molecule has 2 aliphatic heterocycles. The van der Waals surface area contributed by atoms with Gasteiger partial charge in [-0.3, -0.25) is 4.57 Å². The highest BCUT2D eigenvalue weighted by Crippen LogP contribution is 2.42. The van der Waals surface area contributed by atoms with Gasteiger partial charge in [-0.05, 0) is 29.8 Å². The Hall–Kier alpha value is -2.63. The van der Waals surface area contributed by atoms with Crippen LogP contribution in [-0.4, -0.2) is 59.0 Å². The Labute approximate surface area is 206 Å². The molecule has 9 nitrogen and oxygen atoms in total. The fraction of sp³-hybridized carbons (Fsp3) is 0.480. The fourth-order valence-electron chi connectivity index (χ4n) is 4.13. The first-order valence-electron chi connectivity index (χ1n) is 11.9. The maximum Gasteiger partial charge on any atom is 0.192 e.